The van der Waals surface area contributed by atoms with Gasteiger partial charge in [-0.1, -0.05) is 18.2 Å². The van der Waals surface area contributed by atoms with E-state index >= 15 is 0 Å². The predicted molar refractivity (Wildman–Crippen MR) is 87.5 cm³/mol. The molecule has 122 valence electrons. The maximum atomic E-state index is 12.7. The molecule has 2 unspecified atom stereocenters. The number of hydrogen-bond acceptors (Lipinski definition) is 4. The van der Waals surface area contributed by atoms with Gasteiger partial charge in [-0.3, -0.25) is 4.79 Å². The maximum absolute atomic E-state index is 12.7. The highest BCUT2D eigenvalue weighted by molar-refractivity contribution is 5.92. The minimum Gasteiger partial charge on any atom is -0.426 e. The molecule has 0 aliphatic carbocycles. The SMILES string of the molecule is CC(N)C1CCCCN1C(=O)c1ccc(Oc2ccccc2)o1. The van der Waals surface area contributed by atoms with E-state index in [-0.39, 0.29) is 18.0 Å². The Kier molecular flexibility index (Phi) is 4.67. The minimum atomic E-state index is -0.116. The zero-order chi connectivity index (χ0) is 16.2. The molecule has 0 bridgehead atoms. The molecule has 5 heteroatoms. The molecule has 0 spiro atoms. The third kappa shape index (κ3) is 3.56. The molecule has 0 saturated carbocycles. The second kappa shape index (κ2) is 6.87. The van der Waals surface area contributed by atoms with Gasteiger partial charge < -0.3 is 19.8 Å². The van der Waals surface area contributed by atoms with Gasteiger partial charge in [-0.2, -0.15) is 0 Å². The number of nitrogens with two attached hydrogens (primary N) is 1. The normalized spacial score (nSPS) is 19.4. The summed E-state index contributed by atoms with van der Waals surface area (Å²) >= 11 is 0. The lowest BCUT2D eigenvalue weighted by Crippen LogP contribution is -2.51. The van der Waals surface area contributed by atoms with Crippen LogP contribution in [0.2, 0.25) is 0 Å². The second-order valence-corrected chi connectivity index (χ2v) is 5.95. The van der Waals surface area contributed by atoms with E-state index in [1.54, 1.807) is 12.1 Å². The first-order valence-corrected chi connectivity index (χ1v) is 8.04. The van der Waals surface area contributed by atoms with Crippen molar-refractivity contribution in [2.75, 3.05) is 6.54 Å². The van der Waals surface area contributed by atoms with Crippen molar-refractivity contribution >= 4 is 5.91 Å². The van der Waals surface area contributed by atoms with Gasteiger partial charge in [-0.05, 0) is 44.4 Å². The maximum Gasteiger partial charge on any atom is 0.290 e. The molecule has 23 heavy (non-hydrogen) atoms. The molecular formula is C18H22N2O3. The predicted octanol–water partition coefficient (Wildman–Crippen LogP) is 3.41. The average molecular weight is 314 g/mol. The van der Waals surface area contributed by atoms with Crippen LogP contribution in [0.5, 0.6) is 11.7 Å². The lowest BCUT2D eigenvalue weighted by Gasteiger charge is -2.37. The van der Waals surface area contributed by atoms with Crippen molar-refractivity contribution in [3.63, 3.8) is 0 Å². The first-order chi connectivity index (χ1) is 11.1. The molecule has 1 fully saturated rings. The number of ether oxygens (including phenoxy) is 1. The Labute approximate surface area is 136 Å². The Balaban J connectivity index is 1.72. The molecule has 1 aromatic heterocycles. The molecule has 1 aromatic carbocycles. The van der Waals surface area contributed by atoms with Crippen molar-refractivity contribution in [3.8, 4) is 11.7 Å². The van der Waals surface area contributed by atoms with Gasteiger partial charge in [0.1, 0.15) is 5.75 Å². The van der Waals surface area contributed by atoms with E-state index in [4.69, 9.17) is 14.9 Å². The topological polar surface area (TPSA) is 68.7 Å². The Morgan fingerprint density at radius 1 is 1.26 bits per heavy atom. The summed E-state index contributed by atoms with van der Waals surface area (Å²) < 4.78 is 11.2. The van der Waals surface area contributed by atoms with Crippen LogP contribution in [0.3, 0.4) is 0 Å². The van der Waals surface area contributed by atoms with Crippen LogP contribution in [0.25, 0.3) is 0 Å². The first-order valence-electron chi connectivity index (χ1n) is 8.04. The quantitative estimate of drug-likeness (QED) is 0.939. The summed E-state index contributed by atoms with van der Waals surface area (Å²) in [5, 5.41) is 0. The molecule has 3 rings (SSSR count). The molecule has 1 saturated heterocycles. The van der Waals surface area contributed by atoms with Crippen LogP contribution in [-0.4, -0.2) is 29.4 Å². The third-order valence-corrected chi connectivity index (χ3v) is 4.17. The van der Waals surface area contributed by atoms with Gasteiger partial charge in [0, 0.05) is 24.7 Å². The van der Waals surface area contributed by atoms with E-state index in [0.717, 1.165) is 25.8 Å². The van der Waals surface area contributed by atoms with Crippen molar-refractivity contribution in [3.05, 3.63) is 48.2 Å². The van der Waals surface area contributed by atoms with Crippen LogP contribution in [0.4, 0.5) is 0 Å². The largest absolute Gasteiger partial charge is 0.426 e. The Bertz CT molecular complexity index is 651. The van der Waals surface area contributed by atoms with Gasteiger partial charge in [0.25, 0.3) is 11.9 Å². The number of furan rings is 1. The van der Waals surface area contributed by atoms with Gasteiger partial charge in [0.2, 0.25) is 0 Å². The van der Waals surface area contributed by atoms with Gasteiger partial charge in [0.05, 0.1) is 0 Å². The number of hydrogen-bond donors (Lipinski definition) is 1. The minimum absolute atomic E-state index is 0.0470. The standard InChI is InChI=1S/C18H22N2O3/c1-13(19)15-9-5-6-12-20(15)18(21)16-10-11-17(23-16)22-14-7-3-2-4-8-14/h2-4,7-8,10-11,13,15H,5-6,9,12,19H2,1H3. The average Bonchev–Trinajstić information content (AvgIpc) is 3.03. The molecule has 2 heterocycles. The van der Waals surface area contributed by atoms with E-state index in [1.807, 2.05) is 42.2 Å². The number of piperidine rings is 1. The monoisotopic (exact) mass is 314 g/mol. The lowest BCUT2D eigenvalue weighted by atomic mass is 9.96. The zero-order valence-corrected chi connectivity index (χ0v) is 13.3. The molecule has 2 N–H and O–H groups in total. The van der Waals surface area contributed by atoms with Crippen molar-refractivity contribution < 1.29 is 13.9 Å². The van der Waals surface area contributed by atoms with Crippen molar-refractivity contribution in [2.24, 2.45) is 5.73 Å². The summed E-state index contributed by atoms with van der Waals surface area (Å²) in [4.78, 5) is 14.5. The van der Waals surface area contributed by atoms with Gasteiger partial charge in [0.15, 0.2) is 5.76 Å². The number of rotatable bonds is 4. The van der Waals surface area contributed by atoms with Crippen LogP contribution in [0.15, 0.2) is 46.9 Å². The van der Waals surface area contributed by atoms with Gasteiger partial charge in [-0.25, -0.2) is 0 Å². The van der Waals surface area contributed by atoms with Crippen LogP contribution in [0.1, 0.15) is 36.7 Å². The van der Waals surface area contributed by atoms with Crippen LogP contribution in [-0.2, 0) is 0 Å². The van der Waals surface area contributed by atoms with Crippen LogP contribution >= 0.6 is 0 Å². The zero-order valence-electron chi connectivity index (χ0n) is 13.3. The summed E-state index contributed by atoms with van der Waals surface area (Å²) in [6, 6.07) is 12.7. The fourth-order valence-electron chi connectivity index (χ4n) is 2.99. The molecule has 1 amide bonds. The molecule has 2 aromatic rings. The highest BCUT2D eigenvalue weighted by Crippen LogP contribution is 2.26. The Hall–Kier alpha value is -2.27. The van der Waals surface area contributed by atoms with E-state index < -0.39 is 0 Å². The number of carbonyl (C=O) groups excluding carboxylic acids is 1. The molecule has 5 nitrogen and oxygen atoms in total. The summed E-state index contributed by atoms with van der Waals surface area (Å²) in [7, 11) is 0. The lowest BCUT2D eigenvalue weighted by molar-refractivity contribution is 0.0547. The van der Waals surface area contributed by atoms with Crippen LogP contribution in [0, 0.1) is 0 Å². The number of carbonyl (C=O) groups is 1. The van der Waals surface area contributed by atoms with Crippen LogP contribution < -0.4 is 10.5 Å². The highest BCUT2D eigenvalue weighted by atomic mass is 16.6. The summed E-state index contributed by atoms with van der Waals surface area (Å²) in [6.07, 6.45) is 3.05. The second-order valence-electron chi connectivity index (χ2n) is 5.95. The first kappa shape index (κ1) is 15.6. The molecule has 0 radical (unpaired) electrons. The summed E-state index contributed by atoms with van der Waals surface area (Å²) in [5.41, 5.74) is 6.03. The summed E-state index contributed by atoms with van der Waals surface area (Å²) in [6.45, 7) is 2.67. The number of nitrogens with zero attached hydrogens (tertiary/aromatic N) is 1. The van der Waals surface area contributed by atoms with Crippen molar-refractivity contribution in [1.82, 2.24) is 4.90 Å². The van der Waals surface area contributed by atoms with Gasteiger partial charge >= 0.3 is 0 Å². The number of benzene rings is 1. The van der Waals surface area contributed by atoms with Gasteiger partial charge in [-0.15, -0.1) is 0 Å². The third-order valence-electron chi connectivity index (χ3n) is 4.17. The molecule has 1 aliphatic rings. The van der Waals surface area contributed by atoms with E-state index in [1.165, 1.54) is 0 Å². The highest BCUT2D eigenvalue weighted by Gasteiger charge is 2.31. The fourth-order valence-corrected chi connectivity index (χ4v) is 2.99. The molecule has 2 atom stereocenters. The molecular weight excluding hydrogens is 292 g/mol. The summed E-state index contributed by atoms with van der Waals surface area (Å²) in [5.74, 6) is 1.17. The molecule has 1 aliphatic heterocycles. The van der Waals surface area contributed by atoms with E-state index in [9.17, 15) is 4.79 Å². The Morgan fingerprint density at radius 3 is 2.78 bits per heavy atom. The van der Waals surface area contributed by atoms with Crippen molar-refractivity contribution in [2.45, 2.75) is 38.3 Å². The smallest absolute Gasteiger partial charge is 0.290 e. The number of para-hydroxylation sites is 1. The van der Waals surface area contributed by atoms with E-state index in [0.29, 0.717) is 17.5 Å². The van der Waals surface area contributed by atoms with Crippen molar-refractivity contribution in [1.29, 1.82) is 0 Å². The fraction of sp³-hybridized carbons (Fsp3) is 0.389. The Morgan fingerprint density at radius 2 is 2.04 bits per heavy atom. The van der Waals surface area contributed by atoms with E-state index in [2.05, 4.69) is 0 Å². The number of likely N-dealkylation sites (tertiary alicyclic amines) is 1. The number of amides is 1.